The molecule has 40 heavy (non-hydrogen) atoms. The fourth-order valence-corrected chi connectivity index (χ4v) is 5.75. The van der Waals surface area contributed by atoms with Gasteiger partial charge in [-0.2, -0.15) is 0 Å². The second-order valence-corrected chi connectivity index (χ2v) is 11.9. The van der Waals surface area contributed by atoms with Gasteiger partial charge in [0.05, 0.1) is 17.7 Å². The Balaban J connectivity index is 2.08. The molecule has 3 aromatic rings. The van der Waals surface area contributed by atoms with Crippen LogP contribution < -0.4 is 14.4 Å². The first-order valence-corrected chi connectivity index (χ1v) is 14.9. The number of anilines is 1. The zero-order chi connectivity index (χ0) is 29.4. The molecule has 0 fully saturated rings. The molecule has 8 nitrogen and oxygen atoms in total. The predicted octanol–water partition coefficient (Wildman–Crippen LogP) is 5.18. The van der Waals surface area contributed by atoms with Gasteiger partial charge in [-0.25, -0.2) is 8.42 Å². The lowest BCUT2D eigenvalue weighted by atomic mass is 10.1. The minimum absolute atomic E-state index is 0.00220. The van der Waals surface area contributed by atoms with Crippen LogP contribution in [-0.2, 0) is 26.2 Å². The third kappa shape index (κ3) is 7.55. The van der Waals surface area contributed by atoms with E-state index >= 15 is 0 Å². The van der Waals surface area contributed by atoms with E-state index in [9.17, 15) is 18.0 Å². The summed E-state index contributed by atoms with van der Waals surface area (Å²) in [6.45, 7) is 6.95. The molecule has 2 atom stereocenters. The Morgan fingerprint density at radius 3 is 2.33 bits per heavy atom. The topological polar surface area (TPSA) is 96.0 Å². The van der Waals surface area contributed by atoms with E-state index in [1.165, 1.54) is 30.2 Å². The fraction of sp³-hybridized carbons (Fsp3) is 0.333. The molecule has 3 aromatic carbocycles. The van der Waals surface area contributed by atoms with Gasteiger partial charge >= 0.3 is 0 Å². The second kappa shape index (κ2) is 13.7. The van der Waals surface area contributed by atoms with Crippen LogP contribution in [-0.4, -0.2) is 50.9 Å². The summed E-state index contributed by atoms with van der Waals surface area (Å²) in [4.78, 5) is 28.6. The molecule has 0 aliphatic rings. The van der Waals surface area contributed by atoms with Crippen molar-refractivity contribution in [1.29, 1.82) is 0 Å². The Morgan fingerprint density at radius 1 is 1.00 bits per heavy atom. The zero-order valence-corrected chi connectivity index (χ0v) is 25.0. The van der Waals surface area contributed by atoms with Gasteiger partial charge in [-0.15, -0.1) is 0 Å². The van der Waals surface area contributed by atoms with Gasteiger partial charge in [-0.3, -0.25) is 13.9 Å². The molecule has 0 saturated carbocycles. The van der Waals surface area contributed by atoms with Gasteiger partial charge in [0.2, 0.25) is 11.8 Å². The first-order chi connectivity index (χ1) is 19.0. The van der Waals surface area contributed by atoms with Crippen LogP contribution in [0.3, 0.4) is 0 Å². The van der Waals surface area contributed by atoms with Gasteiger partial charge in [0.15, 0.2) is 0 Å². The number of nitrogens with zero attached hydrogens (tertiary/aromatic N) is 2. The number of nitrogens with one attached hydrogen (secondary N) is 1. The van der Waals surface area contributed by atoms with Gasteiger partial charge in [0.1, 0.15) is 18.3 Å². The molecule has 0 aliphatic heterocycles. The summed E-state index contributed by atoms with van der Waals surface area (Å²) >= 11 is 6.26. The number of rotatable bonds is 12. The van der Waals surface area contributed by atoms with Gasteiger partial charge in [-0.1, -0.05) is 66.6 Å². The van der Waals surface area contributed by atoms with Gasteiger partial charge in [0.25, 0.3) is 10.0 Å². The monoisotopic (exact) mass is 585 g/mol. The van der Waals surface area contributed by atoms with Crippen LogP contribution in [0.4, 0.5) is 5.69 Å². The lowest BCUT2D eigenvalue weighted by molar-refractivity contribution is -0.139. The summed E-state index contributed by atoms with van der Waals surface area (Å²) < 4.78 is 34.3. The van der Waals surface area contributed by atoms with E-state index in [2.05, 4.69) is 5.32 Å². The van der Waals surface area contributed by atoms with E-state index in [1.807, 2.05) is 45.0 Å². The Hall–Kier alpha value is -3.56. The minimum atomic E-state index is -4.23. The van der Waals surface area contributed by atoms with Crippen molar-refractivity contribution in [3.05, 3.63) is 88.9 Å². The molecule has 0 spiro atoms. The standard InChI is InChI=1S/C30H36ClN3O5S/c1-6-22(3)32-30(36)23(4)33(19-24-12-10-11-21(2)17-24)29(35)20-34(27-18-25(31)15-16-28(27)39-5)40(37,38)26-13-8-7-9-14-26/h7-18,22-23H,6,19-20H2,1-5H3,(H,32,36)/t22-,23+/m1/s1. The maximum absolute atomic E-state index is 14.0. The molecule has 214 valence electrons. The van der Waals surface area contributed by atoms with Crippen molar-refractivity contribution in [3.8, 4) is 5.75 Å². The van der Waals surface area contributed by atoms with Crippen molar-refractivity contribution in [2.75, 3.05) is 18.0 Å². The number of sulfonamides is 1. The largest absolute Gasteiger partial charge is 0.495 e. The number of hydrogen-bond acceptors (Lipinski definition) is 5. The van der Waals surface area contributed by atoms with E-state index in [0.29, 0.717) is 0 Å². The summed E-state index contributed by atoms with van der Waals surface area (Å²) in [6, 6.07) is 19.0. The molecule has 3 rings (SSSR count). The van der Waals surface area contributed by atoms with Crippen molar-refractivity contribution in [3.63, 3.8) is 0 Å². The van der Waals surface area contributed by atoms with E-state index in [0.717, 1.165) is 21.9 Å². The molecule has 0 bridgehead atoms. The number of hydrogen-bond donors (Lipinski definition) is 1. The third-order valence-electron chi connectivity index (χ3n) is 6.62. The first kappa shape index (κ1) is 31.0. The number of carbonyl (C=O) groups is 2. The van der Waals surface area contributed by atoms with Crippen molar-refractivity contribution in [1.82, 2.24) is 10.2 Å². The highest BCUT2D eigenvalue weighted by atomic mass is 35.5. The van der Waals surface area contributed by atoms with Crippen molar-refractivity contribution in [2.24, 2.45) is 0 Å². The molecule has 0 aliphatic carbocycles. The molecular weight excluding hydrogens is 550 g/mol. The summed E-state index contributed by atoms with van der Waals surface area (Å²) in [5.41, 5.74) is 1.92. The number of ether oxygens (including phenoxy) is 1. The predicted molar refractivity (Wildman–Crippen MR) is 158 cm³/mol. The number of benzene rings is 3. The maximum Gasteiger partial charge on any atom is 0.264 e. The highest BCUT2D eigenvalue weighted by Gasteiger charge is 2.34. The number of methoxy groups -OCH3 is 1. The van der Waals surface area contributed by atoms with E-state index in [4.69, 9.17) is 16.3 Å². The van der Waals surface area contributed by atoms with Crippen LogP contribution in [0.2, 0.25) is 5.02 Å². The molecule has 0 aromatic heterocycles. The Kier molecular flexibility index (Phi) is 10.6. The smallest absolute Gasteiger partial charge is 0.264 e. The molecule has 2 amide bonds. The third-order valence-corrected chi connectivity index (χ3v) is 8.63. The Labute approximate surface area is 241 Å². The average molecular weight is 586 g/mol. The second-order valence-electron chi connectivity index (χ2n) is 9.65. The summed E-state index contributed by atoms with van der Waals surface area (Å²) in [7, 11) is -2.82. The highest BCUT2D eigenvalue weighted by Crippen LogP contribution is 2.35. The molecule has 0 radical (unpaired) electrons. The molecule has 0 saturated heterocycles. The zero-order valence-electron chi connectivity index (χ0n) is 23.4. The van der Waals surface area contributed by atoms with Crippen molar-refractivity contribution >= 4 is 39.1 Å². The highest BCUT2D eigenvalue weighted by molar-refractivity contribution is 7.92. The molecule has 10 heteroatoms. The SMILES string of the molecule is CC[C@@H](C)NC(=O)[C@H](C)N(Cc1cccc(C)c1)C(=O)CN(c1cc(Cl)ccc1OC)S(=O)(=O)c1ccccc1. The Bertz CT molecular complexity index is 1430. The minimum Gasteiger partial charge on any atom is -0.495 e. The quantitative estimate of drug-likeness (QED) is 0.316. The molecule has 0 heterocycles. The number of aryl methyl sites for hydroxylation is 1. The van der Waals surface area contributed by atoms with Gasteiger partial charge in [0, 0.05) is 17.6 Å². The van der Waals surface area contributed by atoms with Crippen LogP contribution >= 0.6 is 11.6 Å². The number of amides is 2. The number of halogens is 1. The van der Waals surface area contributed by atoms with E-state index in [-0.39, 0.29) is 39.8 Å². The van der Waals surface area contributed by atoms with E-state index in [1.54, 1.807) is 37.3 Å². The van der Waals surface area contributed by atoms with Crippen LogP contribution in [0.15, 0.2) is 77.7 Å². The number of carbonyl (C=O) groups excluding carboxylic acids is 2. The van der Waals surface area contributed by atoms with Gasteiger partial charge in [-0.05, 0) is 63.1 Å². The molecule has 1 N–H and O–H groups in total. The average Bonchev–Trinajstić information content (AvgIpc) is 2.94. The lowest BCUT2D eigenvalue weighted by Gasteiger charge is -2.33. The summed E-state index contributed by atoms with van der Waals surface area (Å²) in [5.74, 6) is -0.660. The molecule has 0 unspecified atom stereocenters. The Morgan fingerprint density at radius 2 is 1.70 bits per heavy atom. The van der Waals surface area contributed by atoms with Crippen molar-refractivity contribution < 1.29 is 22.7 Å². The normalized spacial score (nSPS) is 12.8. The van der Waals surface area contributed by atoms with Crippen LogP contribution in [0.5, 0.6) is 5.75 Å². The fourth-order valence-electron chi connectivity index (χ4n) is 4.15. The van der Waals surface area contributed by atoms with Crippen LogP contribution in [0, 0.1) is 6.92 Å². The first-order valence-electron chi connectivity index (χ1n) is 13.0. The van der Waals surface area contributed by atoms with Gasteiger partial charge < -0.3 is 15.0 Å². The maximum atomic E-state index is 14.0. The van der Waals surface area contributed by atoms with Crippen molar-refractivity contribution in [2.45, 2.75) is 57.6 Å². The summed E-state index contributed by atoms with van der Waals surface area (Å²) in [6.07, 6.45) is 0.724. The van der Waals surface area contributed by atoms with Crippen LogP contribution in [0.25, 0.3) is 0 Å². The summed E-state index contributed by atoms with van der Waals surface area (Å²) in [5, 5.41) is 3.20. The van der Waals surface area contributed by atoms with E-state index < -0.39 is 28.5 Å². The molecular formula is C30H36ClN3O5S. The van der Waals surface area contributed by atoms with Crippen LogP contribution in [0.1, 0.15) is 38.3 Å². The lowest BCUT2D eigenvalue weighted by Crippen LogP contribution is -2.52.